The van der Waals surface area contributed by atoms with Crippen LogP contribution in [0.25, 0.3) is 17.2 Å². The van der Waals surface area contributed by atoms with Crippen molar-refractivity contribution in [3.05, 3.63) is 62.1 Å². The lowest BCUT2D eigenvalue weighted by atomic mass is 10.1. The highest BCUT2D eigenvalue weighted by Gasteiger charge is 2.32. The Morgan fingerprint density at radius 3 is 2.67 bits per heavy atom. The van der Waals surface area contributed by atoms with Crippen molar-refractivity contribution in [3.8, 4) is 11.1 Å². The number of thiophene rings is 1. The van der Waals surface area contributed by atoms with Crippen LogP contribution in [-0.4, -0.2) is 48.7 Å². The van der Waals surface area contributed by atoms with Gasteiger partial charge in [-0.15, -0.1) is 22.7 Å². The van der Waals surface area contributed by atoms with Crippen LogP contribution in [0.2, 0.25) is 0 Å². The third kappa shape index (κ3) is 5.84. The van der Waals surface area contributed by atoms with Crippen molar-refractivity contribution >= 4 is 80.0 Å². The number of carbonyl (C=O) groups excluding carboxylic acids is 2. The molecule has 0 aliphatic carbocycles. The second-order valence-corrected chi connectivity index (χ2v) is 10.8. The molecular formula is C22H15F2N3O5S4. The van der Waals surface area contributed by atoms with Gasteiger partial charge in [0, 0.05) is 23.2 Å². The maximum absolute atomic E-state index is 13.5. The standard InChI is InChI=1S/C22H15F2N3O5S4/c23-13-2-1-10(6-14(13)24)11-5-12(34-8-11)7-16-19(30)27(22(33)36-16)4-3-17(28)26-21-25-15(9-35-21)18(29)20(31)32/h1-2,5-9,18,29H,3-4H2,(H,31,32)(H,25,26,28). The molecule has 2 amide bonds. The topological polar surface area (TPSA) is 120 Å². The minimum Gasteiger partial charge on any atom is -0.479 e. The number of thiazole rings is 1. The Labute approximate surface area is 220 Å². The van der Waals surface area contributed by atoms with E-state index in [0.29, 0.717) is 16.0 Å². The van der Waals surface area contributed by atoms with E-state index >= 15 is 0 Å². The molecule has 1 aromatic carbocycles. The van der Waals surface area contributed by atoms with E-state index in [4.69, 9.17) is 17.3 Å². The number of benzene rings is 1. The van der Waals surface area contributed by atoms with Crippen LogP contribution < -0.4 is 5.32 Å². The molecule has 1 fully saturated rings. The first kappa shape index (κ1) is 26.0. The predicted molar refractivity (Wildman–Crippen MR) is 138 cm³/mol. The van der Waals surface area contributed by atoms with Crippen LogP contribution in [0.1, 0.15) is 23.1 Å². The van der Waals surface area contributed by atoms with Gasteiger partial charge >= 0.3 is 5.97 Å². The Bertz CT molecular complexity index is 1400. The Kier molecular flexibility index (Phi) is 7.90. The summed E-state index contributed by atoms with van der Waals surface area (Å²) in [6, 6.07) is 5.37. The van der Waals surface area contributed by atoms with Crippen molar-refractivity contribution in [1.29, 1.82) is 0 Å². The van der Waals surface area contributed by atoms with Crippen LogP contribution in [0, 0.1) is 11.6 Å². The van der Waals surface area contributed by atoms with Gasteiger partial charge in [0.05, 0.1) is 10.6 Å². The average molecular weight is 568 g/mol. The Hall–Kier alpha value is -3.04. The van der Waals surface area contributed by atoms with Gasteiger partial charge in [-0.1, -0.05) is 30.0 Å². The molecule has 8 nitrogen and oxygen atoms in total. The van der Waals surface area contributed by atoms with E-state index in [9.17, 15) is 28.3 Å². The molecule has 1 aliphatic heterocycles. The molecule has 1 aliphatic rings. The Balaban J connectivity index is 1.36. The van der Waals surface area contributed by atoms with Gasteiger partial charge in [0.1, 0.15) is 4.32 Å². The maximum Gasteiger partial charge on any atom is 0.338 e. The maximum atomic E-state index is 13.5. The molecule has 0 radical (unpaired) electrons. The summed E-state index contributed by atoms with van der Waals surface area (Å²) in [5.41, 5.74) is 1.10. The van der Waals surface area contributed by atoms with E-state index in [1.54, 1.807) is 17.5 Å². The van der Waals surface area contributed by atoms with Crippen molar-refractivity contribution < 1.29 is 33.4 Å². The Morgan fingerprint density at radius 1 is 1.17 bits per heavy atom. The molecule has 36 heavy (non-hydrogen) atoms. The number of nitrogens with zero attached hydrogens (tertiary/aromatic N) is 2. The van der Waals surface area contributed by atoms with E-state index in [2.05, 4.69) is 10.3 Å². The number of halogens is 2. The number of nitrogens with one attached hydrogen (secondary N) is 1. The van der Waals surface area contributed by atoms with Gasteiger partial charge in [0.15, 0.2) is 22.9 Å². The summed E-state index contributed by atoms with van der Waals surface area (Å²) in [6.07, 6.45) is -0.224. The fourth-order valence-electron chi connectivity index (χ4n) is 3.07. The second kappa shape index (κ2) is 10.9. The zero-order valence-corrected chi connectivity index (χ0v) is 21.2. The molecule has 2 aromatic heterocycles. The summed E-state index contributed by atoms with van der Waals surface area (Å²) < 4.78 is 27.0. The molecule has 3 N–H and O–H groups in total. The van der Waals surface area contributed by atoms with Crippen molar-refractivity contribution in [2.75, 3.05) is 11.9 Å². The number of carboxylic acid groups (broad SMARTS) is 1. The van der Waals surface area contributed by atoms with Crippen molar-refractivity contribution in [3.63, 3.8) is 0 Å². The number of aliphatic carboxylic acids is 1. The van der Waals surface area contributed by atoms with Gasteiger partial charge < -0.3 is 15.5 Å². The summed E-state index contributed by atoms with van der Waals surface area (Å²) in [4.78, 5) is 42.2. The SMILES string of the molecule is O=C(CCN1C(=O)C(=Cc2cc(-c3ccc(F)c(F)c3)cs2)SC1=S)Nc1nc(C(O)C(=O)O)cs1. The third-order valence-electron chi connectivity index (χ3n) is 4.86. The highest BCUT2D eigenvalue weighted by Crippen LogP contribution is 2.35. The lowest BCUT2D eigenvalue weighted by Gasteiger charge is -2.13. The van der Waals surface area contributed by atoms with Crippen LogP contribution in [0.15, 0.2) is 39.9 Å². The van der Waals surface area contributed by atoms with Gasteiger partial charge in [-0.25, -0.2) is 18.6 Å². The molecule has 0 spiro atoms. The molecule has 4 rings (SSSR count). The number of amides is 2. The number of aliphatic hydroxyl groups excluding tert-OH is 1. The molecule has 1 unspecified atom stereocenters. The number of aliphatic hydroxyl groups is 1. The molecular weight excluding hydrogens is 553 g/mol. The highest BCUT2D eigenvalue weighted by atomic mass is 32.2. The number of anilines is 1. The number of hydrogen-bond acceptors (Lipinski definition) is 9. The van der Waals surface area contributed by atoms with Crippen LogP contribution >= 0.6 is 46.7 Å². The number of carboxylic acids is 1. The third-order valence-corrected chi connectivity index (χ3v) is 7.90. The van der Waals surface area contributed by atoms with E-state index in [1.165, 1.54) is 27.7 Å². The van der Waals surface area contributed by atoms with Crippen molar-refractivity contribution in [1.82, 2.24) is 9.88 Å². The molecule has 3 heterocycles. The summed E-state index contributed by atoms with van der Waals surface area (Å²) in [5.74, 6) is -4.16. The summed E-state index contributed by atoms with van der Waals surface area (Å²) in [6.45, 7) is 0.0222. The molecule has 14 heteroatoms. The number of hydrogen-bond donors (Lipinski definition) is 3. The summed E-state index contributed by atoms with van der Waals surface area (Å²) in [7, 11) is 0. The number of thioether (sulfide) groups is 1. The van der Waals surface area contributed by atoms with E-state index in [0.717, 1.165) is 40.1 Å². The number of rotatable bonds is 8. The molecule has 0 bridgehead atoms. The first-order valence-corrected chi connectivity index (χ1v) is 13.1. The van der Waals surface area contributed by atoms with E-state index in [1.807, 2.05) is 0 Å². The fraction of sp³-hybridized carbons (Fsp3) is 0.136. The predicted octanol–water partition coefficient (Wildman–Crippen LogP) is 4.50. The van der Waals surface area contributed by atoms with Gasteiger partial charge in [0.2, 0.25) is 5.91 Å². The van der Waals surface area contributed by atoms with Crippen LogP contribution in [0.4, 0.5) is 13.9 Å². The van der Waals surface area contributed by atoms with E-state index < -0.39 is 29.6 Å². The first-order valence-electron chi connectivity index (χ1n) is 10.1. The van der Waals surface area contributed by atoms with Crippen molar-refractivity contribution in [2.24, 2.45) is 0 Å². The van der Waals surface area contributed by atoms with Gasteiger partial charge in [-0.05, 0) is 40.8 Å². The summed E-state index contributed by atoms with van der Waals surface area (Å²) in [5, 5.41) is 24.0. The van der Waals surface area contributed by atoms with Crippen LogP contribution in [-0.2, 0) is 14.4 Å². The summed E-state index contributed by atoms with van der Waals surface area (Å²) >= 11 is 8.67. The number of carbonyl (C=O) groups is 3. The quantitative estimate of drug-likeness (QED) is 0.269. The second-order valence-electron chi connectivity index (χ2n) is 7.32. The smallest absolute Gasteiger partial charge is 0.338 e. The van der Waals surface area contributed by atoms with Crippen LogP contribution in [0.3, 0.4) is 0 Å². The lowest BCUT2D eigenvalue weighted by Crippen LogP contribution is -2.31. The molecule has 3 aromatic rings. The lowest BCUT2D eigenvalue weighted by molar-refractivity contribution is -0.147. The molecule has 1 atom stereocenters. The largest absolute Gasteiger partial charge is 0.479 e. The fourth-order valence-corrected chi connectivity index (χ4v) is 6.04. The number of aromatic nitrogens is 1. The van der Waals surface area contributed by atoms with Crippen LogP contribution in [0.5, 0.6) is 0 Å². The molecule has 0 saturated carbocycles. The minimum absolute atomic E-state index is 0.0222. The minimum atomic E-state index is -1.79. The van der Waals surface area contributed by atoms with Gasteiger partial charge in [0.25, 0.3) is 5.91 Å². The monoisotopic (exact) mass is 567 g/mol. The van der Waals surface area contributed by atoms with Gasteiger partial charge in [-0.2, -0.15) is 0 Å². The van der Waals surface area contributed by atoms with E-state index in [-0.39, 0.29) is 34.0 Å². The highest BCUT2D eigenvalue weighted by molar-refractivity contribution is 8.26. The zero-order chi connectivity index (χ0) is 26.0. The normalized spacial score (nSPS) is 15.5. The molecule has 186 valence electrons. The zero-order valence-electron chi connectivity index (χ0n) is 17.9. The first-order chi connectivity index (χ1) is 17.1. The van der Waals surface area contributed by atoms with Gasteiger partial charge in [-0.3, -0.25) is 14.5 Å². The van der Waals surface area contributed by atoms with Crippen molar-refractivity contribution in [2.45, 2.75) is 12.5 Å². The Morgan fingerprint density at radius 2 is 1.94 bits per heavy atom. The molecule has 1 saturated heterocycles. The average Bonchev–Trinajstić information content (AvgIpc) is 3.55. The number of thiocarbonyl (C=S) groups is 1.